The maximum atomic E-state index is 13.0. The molecule has 0 amide bonds. The SMILES string of the molecule is OC(c1cc(F)c(Br)cc1F)C(F)F. The molecule has 1 aromatic rings. The summed E-state index contributed by atoms with van der Waals surface area (Å²) in [5.41, 5.74) is -0.749. The van der Waals surface area contributed by atoms with Gasteiger partial charge in [0.2, 0.25) is 0 Å². The molecule has 0 heterocycles. The second kappa shape index (κ2) is 4.27. The lowest BCUT2D eigenvalue weighted by Gasteiger charge is -2.11. The summed E-state index contributed by atoms with van der Waals surface area (Å²) in [7, 11) is 0. The third kappa shape index (κ3) is 2.24. The van der Waals surface area contributed by atoms with Gasteiger partial charge in [-0.2, -0.15) is 0 Å². The van der Waals surface area contributed by atoms with E-state index in [4.69, 9.17) is 5.11 Å². The van der Waals surface area contributed by atoms with Gasteiger partial charge < -0.3 is 5.11 Å². The number of hydrogen-bond acceptors (Lipinski definition) is 1. The zero-order chi connectivity index (χ0) is 10.9. The van der Waals surface area contributed by atoms with Crippen LogP contribution in [0, 0.1) is 11.6 Å². The Hall–Kier alpha value is -0.620. The van der Waals surface area contributed by atoms with Gasteiger partial charge in [-0.1, -0.05) is 0 Å². The average Bonchev–Trinajstić information content (AvgIpc) is 2.10. The Morgan fingerprint density at radius 3 is 2.21 bits per heavy atom. The maximum Gasteiger partial charge on any atom is 0.268 e. The van der Waals surface area contributed by atoms with Crippen molar-refractivity contribution in [3.63, 3.8) is 0 Å². The van der Waals surface area contributed by atoms with Gasteiger partial charge in [-0.15, -0.1) is 0 Å². The molecule has 0 radical (unpaired) electrons. The predicted molar refractivity (Wildman–Crippen MR) is 45.0 cm³/mol. The molecule has 0 aliphatic carbocycles. The van der Waals surface area contributed by atoms with Crippen molar-refractivity contribution < 1.29 is 22.7 Å². The van der Waals surface area contributed by atoms with Crippen LogP contribution in [-0.4, -0.2) is 11.5 Å². The number of alkyl halides is 2. The third-order valence-electron chi connectivity index (χ3n) is 1.60. The van der Waals surface area contributed by atoms with Crippen molar-refractivity contribution in [1.29, 1.82) is 0 Å². The molecular formula is C8H5BrF4O. The monoisotopic (exact) mass is 272 g/mol. The summed E-state index contributed by atoms with van der Waals surface area (Å²) in [6.07, 6.45) is -5.46. The van der Waals surface area contributed by atoms with Crippen LogP contribution in [0.5, 0.6) is 0 Å². The fraction of sp³-hybridized carbons (Fsp3) is 0.250. The molecule has 0 fully saturated rings. The van der Waals surface area contributed by atoms with Crippen LogP contribution >= 0.6 is 15.9 Å². The fourth-order valence-electron chi connectivity index (χ4n) is 0.900. The van der Waals surface area contributed by atoms with E-state index >= 15 is 0 Å². The van der Waals surface area contributed by atoms with E-state index in [9.17, 15) is 17.6 Å². The highest BCUT2D eigenvalue weighted by atomic mass is 79.9. The van der Waals surface area contributed by atoms with E-state index in [1.807, 2.05) is 0 Å². The summed E-state index contributed by atoms with van der Waals surface area (Å²) in [4.78, 5) is 0. The van der Waals surface area contributed by atoms with Crippen molar-refractivity contribution in [3.8, 4) is 0 Å². The summed E-state index contributed by atoms with van der Waals surface area (Å²) in [6, 6.07) is 1.23. The van der Waals surface area contributed by atoms with Crippen molar-refractivity contribution in [1.82, 2.24) is 0 Å². The Morgan fingerprint density at radius 1 is 1.14 bits per heavy atom. The van der Waals surface area contributed by atoms with Crippen molar-refractivity contribution in [2.75, 3.05) is 0 Å². The Labute approximate surface area is 85.5 Å². The highest BCUT2D eigenvalue weighted by Crippen LogP contribution is 2.27. The fourth-order valence-corrected chi connectivity index (χ4v) is 1.22. The molecule has 0 saturated carbocycles. The molecule has 0 saturated heterocycles. The summed E-state index contributed by atoms with van der Waals surface area (Å²) < 4.78 is 49.5. The first kappa shape index (κ1) is 11.5. The van der Waals surface area contributed by atoms with Crippen LogP contribution in [0.4, 0.5) is 17.6 Å². The van der Waals surface area contributed by atoms with Gasteiger partial charge in [0.1, 0.15) is 17.7 Å². The van der Waals surface area contributed by atoms with Crippen LogP contribution in [0.25, 0.3) is 0 Å². The second-order valence-corrected chi connectivity index (χ2v) is 3.42. The van der Waals surface area contributed by atoms with Crippen LogP contribution in [0.2, 0.25) is 0 Å². The van der Waals surface area contributed by atoms with Crippen LogP contribution in [0.15, 0.2) is 16.6 Å². The Kier molecular flexibility index (Phi) is 3.49. The van der Waals surface area contributed by atoms with Crippen molar-refractivity contribution in [2.24, 2.45) is 0 Å². The predicted octanol–water partition coefficient (Wildman–Crippen LogP) is 3.03. The number of hydrogen-bond donors (Lipinski definition) is 1. The number of benzene rings is 1. The normalized spacial score (nSPS) is 13.4. The van der Waals surface area contributed by atoms with E-state index in [1.165, 1.54) is 0 Å². The molecule has 1 nitrogen and oxygen atoms in total. The number of aliphatic hydroxyl groups excluding tert-OH is 1. The minimum Gasteiger partial charge on any atom is -0.382 e. The van der Waals surface area contributed by atoms with Gasteiger partial charge in [0, 0.05) is 5.56 Å². The van der Waals surface area contributed by atoms with Crippen molar-refractivity contribution in [2.45, 2.75) is 12.5 Å². The van der Waals surface area contributed by atoms with Crippen molar-refractivity contribution >= 4 is 15.9 Å². The molecule has 0 aliphatic rings. The lowest BCUT2D eigenvalue weighted by Crippen LogP contribution is -2.10. The van der Waals surface area contributed by atoms with E-state index in [0.717, 1.165) is 0 Å². The zero-order valence-corrected chi connectivity index (χ0v) is 8.23. The van der Waals surface area contributed by atoms with Gasteiger partial charge in [-0.25, -0.2) is 17.6 Å². The molecule has 14 heavy (non-hydrogen) atoms. The van der Waals surface area contributed by atoms with E-state index < -0.39 is 29.7 Å². The zero-order valence-electron chi connectivity index (χ0n) is 6.65. The van der Waals surface area contributed by atoms with Crippen LogP contribution in [0.1, 0.15) is 11.7 Å². The first-order valence-electron chi connectivity index (χ1n) is 3.54. The van der Waals surface area contributed by atoms with Crippen LogP contribution in [-0.2, 0) is 0 Å². The molecule has 0 aliphatic heterocycles. The largest absolute Gasteiger partial charge is 0.382 e. The van der Waals surface area contributed by atoms with E-state index in [0.29, 0.717) is 12.1 Å². The third-order valence-corrected chi connectivity index (χ3v) is 2.20. The quantitative estimate of drug-likeness (QED) is 0.648. The molecule has 78 valence electrons. The molecule has 0 spiro atoms. The van der Waals surface area contributed by atoms with E-state index in [1.54, 1.807) is 0 Å². The summed E-state index contributed by atoms with van der Waals surface area (Å²) in [5, 5.41) is 8.82. The van der Waals surface area contributed by atoms with Crippen LogP contribution in [0.3, 0.4) is 0 Å². The maximum absolute atomic E-state index is 13.0. The average molecular weight is 273 g/mol. The lowest BCUT2D eigenvalue weighted by atomic mass is 10.1. The Balaban J connectivity index is 3.15. The van der Waals surface area contributed by atoms with E-state index in [2.05, 4.69) is 15.9 Å². The topological polar surface area (TPSA) is 20.2 Å². The number of aliphatic hydroxyl groups is 1. The second-order valence-electron chi connectivity index (χ2n) is 2.57. The minimum atomic E-state index is -3.15. The molecule has 1 rings (SSSR count). The Bertz CT molecular complexity index is 342. The minimum absolute atomic E-state index is 0.180. The Morgan fingerprint density at radius 2 is 1.71 bits per heavy atom. The highest BCUT2D eigenvalue weighted by molar-refractivity contribution is 9.10. The molecule has 0 aromatic heterocycles. The van der Waals surface area contributed by atoms with Crippen LogP contribution < -0.4 is 0 Å². The van der Waals surface area contributed by atoms with Gasteiger partial charge in [-0.3, -0.25) is 0 Å². The molecule has 1 atom stereocenters. The molecule has 1 aromatic carbocycles. The number of halogens is 5. The molecular weight excluding hydrogens is 268 g/mol. The summed E-state index contributed by atoms with van der Waals surface area (Å²) in [6.45, 7) is 0. The first-order chi connectivity index (χ1) is 6.43. The highest BCUT2D eigenvalue weighted by Gasteiger charge is 2.23. The van der Waals surface area contributed by atoms with Gasteiger partial charge in [0.25, 0.3) is 6.43 Å². The summed E-state index contributed by atoms with van der Waals surface area (Å²) >= 11 is 2.68. The molecule has 0 bridgehead atoms. The molecule has 6 heteroatoms. The first-order valence-corrected chi connectivity index (χ1v) is 4.33. The van der Waals surface area contributed by atoms with Crippen molar-refractivity contribution in [3.05, 3.63) is 33.8 Å². The van der Waals surface area contributed by atoms with Gasteiger partial charge >= 0.3 is 0 Å². The van der Waals surface area contributed by atoms with Gasteiger partial charge in [0.05, 0.1) is 4.47 Å². The standard InChI is InChI=1S/C8H5BrF4O/c9-4-2-5(10)3(1-6(4)11)7(14)8(12)13/h1-2,7-8,14H. The van der Waals surface area contributed by atoms with Gasteiger partial charge in [-0.05, 0) is 28.1 Å². The lowest BCUT2D eigenvalue weighted by molar-refractivity contribution is -0.00788. The molecule has 1 N–H and O–H groups in total. The smallest absolute Gasteiger partial charge is 0.268 e. The van der Waals surface area contributed by atoms with Gasteiger partial charge in [0.15, 0.2) is 0 Å². The number of rotatable bonds is 2. The summed E-state index contributed by atoms with van der Waals surface area (Å²) in [5.74, 6) is -1.98. The molecule has 1 unspecified atom stereocenters. The van der Waals surface area contributed by atoms with E-state index in [-0.39, 0.29) is 4.47 Å².